The number of thiophene rings is 1. The Morgan fingerprint density at radius 1 is 1.11 bits per heavy atom. The average Bonchev–Trinajstić information content (AvgIpc) is 2.84. The number of aliphatic hydroxyl groups is 1. The molecular weight excluding hydrogens is 242 g/mol. The van der Waals surface area contributed by atoms with Gasteiger partial charge in [-0.3, -0.25) is 4.98 Å². The van der Waals surface area contributed by atoms with Gasteiger partial charge in [-0.25, -0.2) is 0 Å². The molecule has 0 aliphatic carbocycles. The molecule has 2 nitrogen and oxygen atoms in total. The van der Waals surface area contributed by atoms with Crippen LogP contribution in [-0.2, 0) is 6.42 Å². The molecule has 1 atom stereocenters. The molecule has 0 saturated carbocycles. The van der Waals surface area contributed by atoms with Gasteiger partial charge in [0, 0.05) is 27.9 Å². The highest BCUT2D eigenvalue weighted by atomic mass is 32.1. The van der Waals surface area contributed by atoms with Crippen LogP contribution in [0.15, 0.2) is 54.7 Å². The minimum Gasteiger partial charge on any atom is -0.387 e. The zero-order valence-electron chi connectivity index (χ0n) is 9.78. The maximum absolute atomic E-state index is 10.2. The van der Waals surface area contributed by atoms with Gasteiger partial charge in [0.25, 0.3) is 0 Å². The highest BCUT2D eigenvalue weighted by Crippen LogP contribution is 2.30. The van der Waals surface area contributed by atoms with Crippen LogP contribution in [0.1, 0.15) is 16.7 Å². The number of hydrogen-bond donors (Lipinski definition) is 1. The zero-order valence-corrected chi connectivity index (χ0v) is 10.6. The Morgan fingerprint density at radius 3 is 2.72 bits per heavy atom. The van der Waals surface area contributed by atoms with Gasteiger partial charge >= 0.3 is 0 Å². The standard InChI is InChI=1S/C15H13NOS/c17-13(10-12-6-3-4-8-16-12)15-9-11-5-1-2-7-14(11)18-15/h1-9,13,17H,10H2. The summed E-state index contributed by atoms with van der Waals surface area (Å²) in [6.07, 6.45) is 1.85. The smallest absolute Gasteiger partial charge is 0.0937 e. The third-order valence-corrected chi connectivity index (χ3v) is 4.12. The van der Waals surface area contributed by atoms with Crippen LogP contribution in [0.25, 0.3) is 10.1 Å². The van der Waals surface area contributed by atoms with E-state index in [0.29, 0.717) is 6.42 Å². The molecule has 2 aromatic heterocycles. The van der Waals surface area contributed by atoms with E-state index in [-0.39, 0.29) is 0 Å². The fourth-order valence-electron chi connectivity index (χ4n) is 1.98. The Kier molecular flexibility index (Phi) is 3.09. The van der Waals surface area contributed by atoms with E-state index in [1.165, 1.54) is 10.1 Å². The number of fused-ring (bicyclic) bond motifs is 1. The fourth-order valence-corrected chi connectivity index (χ4v) is 3.03. The highest BCUT2D eigenvalue weighted by molar-refractivity contribution is 7.19. The van der Waals surface area contributed by atoms with Gasteiger partial charge in [0.05, 0.1) is 6.10 Å². The van der Waals surface area contributed by atoms with Crippen LogP contribution in [-0.4, -0.2) is 10.1 Å². The van der Waals surface area contributed by atoms with E-state index in [0.717, 1.165) is 10.6 Å². The van der Waals surface area contributed by atoms with Crippen molar-refractivity contribution in [2.45, 2.75) is 12.5 Å². The molecule has 3 aromatic rings. The minimum absolute atomic E-state index is 0.475. The number of nitrogens with zero attached hydrogens (tertiary/aromatic N) is 1. The molecule has 2 heterocycles. The van der Waals surface area contributed by atoms with Crippen LogP contribution in [0.3, 0.4) is 0 Å². The second kappa shape index (κ2) is 4.88. The summed E-state index contributed by atoms with van der Waals surface area (Å²) in [5.41, 5.74) is 0.919. The molecule has 0 saturated heterocycles. The summed E-state index contributed by atoms with van der Waals surface area (Å²) in [4.78, 5) is 5.24. The lowest BCUT2D eigenvalue weighted by atomic mass is 10.1. The van der Waals surface area contributed by atoms with Crippen molar-refractivity contribution in [2.75, 3.05) is 0 Å². The third kappa shape index (κ3) is 2.28. The van der Waals surface area contributed by atoms with Gasteiger partial charge in [0.2, 0.25) is 0 Å². The van der Waals surface area contributed by atoms with Gasteiger partial charge in [-0.05, 0) is 29.7 Å². The lowest BCUT2D eigenvalue weighted by molar-refractivity contribution is 0.181. The van der Waals surface area contributed by atoms with E-state index in [1.807, 2.05) is 30.3 Å². The highest BCUT2D eigenvalue weighted by Gasteiger charge is 2.12. The van der Waals surface area contributed by atoms with Gasteiger partial charge in [-0.15, -0.1) is 11.3 Å². The van der Waals surface area contributed by atoms with Crippen molar-refractivity contribution in [3.05, 3.63) is 65.3 Å². The van der Waals surface area contributed by atoms with E-state index in [1.54, 1.807) is 17.5 Å². The lowest BCUT2D eigenvalue weighted by Crippen LogP contribution is -2.00. The monoisotopic (exact) mass is 255 g/mol. The summed E-state index contributed by atoms with van der Waals surface area (Å²) in [5.74, 6) is 0. The van der Waals surface area contributed by atoms with Crippen LogP contribution in [0, 0.1) is 0 Å². The molecule has 0 bridgehead atoms. The summed E-state index contributed by atoms with van der Waals surface area (Å²) >= 11 is 1.65. The quantitative estimate of drug-likeness (QED) is 0.776. The maximum atomic E-state index is 10.2. The van der Waals surface area contributed by atoms with Crippen molar-refractivity contribution in [1.82, 2.24) is 4.98 Å². The lowest BCUT2D eigenvalue weighted by Gasteiger charge is -2.07. The predicted octanol–water partition coefficient (Wildman–Crippen LogP) is 3.57. The molecule has 0 fully saturated rings. The van der Waals surface area contributed by atoms with Crippen molar-refractivity contribution < 1.29 is 5.11 Å². The van der Waals surface area contributed by atoms with Crippen molar-refractivity contribution in [3.8, 4) is 0 Å². The fraction of sp³-hybridized carbons (Fsp3) is 0.133. The van der Waals surface area contributed by atoms with Crippen LogP contribution in [0.4, 0.5) is 0 Å². The number of aliphatic hydroxyl groups excluding tert-OH is 1. The van der Waals surface area contributed by atoms with E-state index >= 15 is 0 Å². The molecule has 1 unspecified atom stereocenters. The van der Waals surface area contributed by atoms with Gasteiger partial charge in [0.1, 0.15) is 0 Å². The summed E-state index contributed by atoms with van der Waals surface area (Å²) in [6, 6.07) is 16.0. The van der Waals surface area contributed by atoms with Crippen LogP contribution < -0.4 is 0 Å². The molecule has 0 amide bonds. The molecule has 90 valence electrons. The van der Waals surface area contributed by atoms with Crippen LogP contribution in [0.5, 0.6) is 0 Å². The minimum atomic E-state index is -0.475. The largest absolute Gasteiger partial charge is 0.387 e. The Labute approximate surface area is 110 Å². The SMILES string of the molecule is OC(Cc1ccccn1)c1cc2ccccc2s1. The second-order valence-corrected chi connectivity index (χ2v) is 5.34. The zero-order chi connectivity index (χ0) is 12.4. The average molecular weight is 255 g/mol. The van der Waals surface area contributed by atoms with Crippen LogP contribution >= 0.6 is 11.3 Å². The first-order valence-electron chi connectivity index (χ1n) is 5.89. The van der Waals surface area contributed by atoms with E-state index in [4.69, 9.17) is 0 Å². The van der Waals surface area contributed by atoms with Gasteiger partial charge in [-0.2, -0.15) is 0 Å². The molecule has 1 N–H and O–H groups in total. The summed E-state index contributed by atoms with van der Waals surface area (Å²) < 4.78 is 1.22. The second-order valence-electron chi connectivity index (χ2n) is 4.23. The van der Waals surface area contributed by atoms with E-state index < -0.39 is 6.10 Å². The first kappa shape index (κ1) is 11.4. The molecule has 0 radical (unpaired) electrons. The van der Waals surface area contributed by atoms with Gasteiger partial charge < -0.3 is 5.11 Å². The van der Waals surface area contributed by atoms with Crippen molar-refractivity contribution in [2.24, 2.45) is 0 Å². The van der Waals surface area contributed by atoms with E-state index in [9.17, 15) is 5.11 Å². The maximum Gasteiger partial charge on any atom is 0.0937 e. The molecular formula is C15H13NOS. The van der Waals surface area contributed by atoms with Crippen LogP contribution in [0.2, 0.25) is 0 Å². The number of benzene rings is 1. The molecule has 0 spiro atoms. The Bertz CT molecular complexity index is 615. The Morgan fingerprint density at radius 2 is 1.94 bits per heavy atom. The number of aromatic nitrogens is 1. The number of rotatable bonds is 3. The Balaban J connectivity index is 1.86. The predicted molar refractivity (Wildman–Crippen MR) is 74.7 cm³/mol. The molecule has 0 aliphatic heterocycles. The third-order valence-electron chi connectivity index (χ3n) is 2.90. The number of hydrogen-bond acceptors (Lipinski definition) is 3. The summed E-state index contributed by atoms with van der Waals surface area (Å²) in [7, 11) is 0. The number of pyridine rings is 1. The Hall–Kier alpha value is -1.71. The molecule has 3 rings (SSSR count). The van der Waals surface area contributed by atoms with Gasteiger partial charge in [0.15, 0.2) is 0 Å². The normalized spacial score (nSPS) is 12.7. The van der Waals surface area contributed by atoms with Crippen molar-refractivity contribution >= 4 is 21.4 Å². The topological polar surface area (TPSA) is 33.1 Å². The molecule has 18 heavy (non-hydrogen) atoms. The summed E-state index contributed by atoms with van der Waals surface area (Å²) in [6.45, 7) is 0. The first-order valence-corrected chi connectivity index (χ1v) is 6.71. The summed E-state index contributed by atoms with van der Waals surface area (Å²) in [5, 5.41) is 11.4. The molecule has 1 aromatic carbocycles. The van der Waals surface area contributed by atoms with Crippen molar-refractivity contribution in [1.29, 1.82) is 0 Å². The van der Waals surface area contributed by atoms with E-state index in [2.05, 4.69) is 23.2 Å². The first-order chi connectivity index (χ1) is 8.83. The van der Waals surface area contributed by atoms with Crippen molar-refractivity contribution in [3.63, 3.8) is 0 Å². The van der Waals surface area contributed by atoms with Gasteiger partial charge in [-0.1, -0.05) is 24.3 Å². The molecule has 3 heteroatoms. The molecule has 0 aliphatic rings.